The second-order valence-corrected chi connectivity index (χ2v) is 16.5. The molecule has 0 N–H and O–H groups in total. The summed E-state index contributed by atoms with van der Waals surface area (Å²) in [6.07, 6.45) is 3.21. The van der Waals surface area contributed by atoms with Crippen LogP contribution in [0.25, 0.3) is 11.0 Å². The summed E-state index contributed by atoms with van der Waals surface area (Å²) < 4.78 is 15.1. The molecule has 1 heterocycles. The second kappa shape index (κ2) is 10.7. The Labute approximate surface area is 202 Å². The first kappa shape index (κ1) is 26.9. The SMILES string of the molecule is CC(C)(C)OC(=O)N(CCCO[Si](C)(C)C(C)(C)C)CCCn1cnc2cccc(Br)c21. The van der Waals surface area contributed by atoms with Crippen LogP contribution in [0.1, 0.15) is 54.4 Å². The number of rotatable bonds is 9. The molecule has 0 bridgehead atoms. The highest BCUT2D eigenvalue weighted by atomic mass is 79.9. The minimum atomic E-state index is -1.79. The number of amides is 1. The number of benzene rings is 1. The molecule has 0 aliphatic heterocycles. The third-order valence-corrected chi connectivity index (χ3v) is 11.1. The topological polar surface area (TPSA) is 56.6 Å². The predicted molar refractivity (Wildman–Crippen MR) is 138 cm³/mol. The Kier molecular flexibility index (Phi) is 8.98. The van der Waals surface area contributed by atoms with Crippen LogP contribution in [0, 0.1) is 0 Å². The van der Waals surface area contributed by atoms with Gasteiger partial charge in [-0.15, -0.1) is 0 Å². The van der Waals surface area contributed by atoms with Crippen LogP contribution in [0.5, 0.6) is 0 Å². The number of halogens is 1. The van der Waals surface area contributed by atoms with Gasteiger partial charge in [-0.2, -0.15) is 0 Å². The van der Waals surface area contributed by atoms with E-state index >= 15 is 0 Å². The quantitative estimate of drug-likeness (QED) is 0.265. The average molecular weight is 527 g/mol. The summed E-state index contributed by atoms with van der Waals surface area (Å²) in [6, 6.07) is 6.02. The molecule has 32 heavy (non-hydrogen) atoms. The number of imidazole rings is 1. The van der Waals surface area contributed by atoms with Crippen LogP contribution >= 0.6 is 15.9 Å². The summed E-state index contributed by atoms with van der Waals surface area (Å²) in [5.74, 6) is 0. The van der Waals surface area contributed by atoms with E-state index in [0.29, 0.717) is 19.7 Å². The van der Waals surface area contributed by atoms with Crippen molar-refractivity contribution in [3.63, 3.8) is 0 Å². The van der Waals surface area contributed by atoms with Crippen LogP contribution in [0.2, 0.25) is 18.1 Å². The highest BCUT2D eigenvalue weighted by Crippen LogP contribution is 2.36. The second-order valence-electron chi connectivity index (χ2n) is 10.8. The fraction of sp³-hybridized carbons (Fsp3) is 0.667. The highest BCUT2D eigenvalue weighted by Gasteiger charge is 2.36. The molecule has 0 spiro atoms. The van der Waals surface area contributed by atoms with Gasteiger partial charge in [-0.3, -0.25) is 0 Å². The predicted octanol–water partition coefficient (Wildman–Crippen LogP) is 6.84. The Morgan fingerprint density at radius 2 is 1.78 bits per heavy atom. The molecule has 6 nitrogen and oxygen atoms in total. The minimum Gasteiger partial charge on any atom is -0.444 e. The maximum absolute atomic E-state index is 12.8. The highest BCUT2D eigenvalue weighted by molar-refractivity contribution is 9.10. The van der Waals surface area contributed by atoms with Gasteiger partial charge in [0.2, 0.25) is 0 Å². The Morgan fingerprint density at radius 1 is 1.12 bits per heavy atom. The normalized spacial score (nSPS) is 12.9. The molecule has 1 aromatic carbocycles. The van der Waals surface area contributed by atoms with E-state index in [1.54, 1.807) is 0 Å². The lowest BCUT2D eigenvalue weighted by Gasteiger charge is -2.36. The van der Waals surface area contributed by atoms with Gasteiger partial charge in [0.05, 0.1) is 17.4 Å². The van der Waals surface area contributed by atoms with E-state index in [2.05, 4.69) is 59.3 Å². The van der Waals surface area contributed by atoms with Crippen LogP contribution < -0.4 is 0 Å². The summed E-state index contributed by atoms with van der Waals surface area (Å²) >= 11 is 3.62. The molecule has 0 saturated carbocycles. The van der Waals surface area contributed by atoms with Crippen molar-refractivity contribution < 1.29 is 14.0 Å². The molecular formula is C24H40BrN3O3Si. The van der Waals surface area contributed by atoms with Gasteiger partial charge in [-0.1, -0.05) is 26.8 Å². The molecule has 2 rings (SSSR count). The Morgan fingerprint density at radius 3 is 2.41 bits per heavy atom. The van der Waals surface area contributed by atoms with Crippen molar-refractivity contribution in [3.05, 3.63) is 29.0 Å². The number of carbonyl (C=O) groups is 1. The number of para-hydroxylation sites is 1. The van der Waals surface area contributed by atoms with Crippen molar-refractivity contribution in [2.45, 2.75) is 84.7 Å². The molecule has 0 atom stereocenters. The Balaban J connectivity index is 1.96. The largest absolute Gasteiger partial charge is 0.444 e. The van der Waals surface area contributed by atoms with Crippen molar-refractivity contribution in [2.75, 3.05) is 19.7 Å². The van der Waals surface area contributed by atoms with E-state index in [1.807, 2.05) is 50.2 Å². The monoisotopic (exact) mass is 525 g/mol. The van der Waals surface area contributed by atoms with Crippen LogP contribution in [0.3, 0.4) is 0 Å². The van der Waals surface area contributed by atoms with Gasteiger partial charge in [-0.05, 0) is 79.8 Å². The van der Waals surface area contributed by atoms with Gasteiger partial charge in [-0.25, -0.2) is 9.78 Å². The van der Waals surface area contributed by atoms with E-state index in [-0.39, 0.29) is 11.1 Å². The molecule has 2 aromatic rings. The number of aryl methyl sites for hydroxylation is 1. The number of carbonyl (C=O) groups excluding carboxylic acids is 1. The first-order valence-electron chi connectivity index (χ1n) is 11.4. The zero-order chi connectivity index (χ0) is 24.2. The first-order valence-corrected chi connectivity index (χ1v) is 15.1. The Bertz CT molecular complexity index is 900. The van der Waals surface area contributed by atoms with Gasteiger partial charge in [0.1, 0.15) is 5.60 Å². The third kappa shape index (κ3) is 7.59. The molecule has 1 aromatic heterocycles. The number of aromatic nitrogens is 2. The van der Waals surface area contributed by atoms with Crippen LogP contribution in [-0.4, -0.2) is 54.2 Å². The summed E-state index contributed by atoms with van der Waals surface area (Å²) in [4.78, 5) is 19.1. The molecule has 0 aliphatic rings. The number of nitrogens with zero attached hydrogens (tertiary/aromatic N) is 3. The van der Waals surface area contributed by atoms with Crippen molar-refractivity contribution in [1.29, 1.82) is 0 Å². The maximum Gasteiger partial charge on any atom is 0.410 e. The molecule has 180 valence electrons. The van der Waals surface area contributed by atoms with Gasteiger partial charge >= 0.3 is 6.09 Å². The standard InChI is InChI=1S/C24H40BrN3O3Si/c1-23(2,3)31-22(29)27(16-11-17-30-32(7,8)24(4,5)6)14-10-15-28-18-26-20-13-9-12-19(25)21(20)28/h9,12-13,18H,10-11,14-17H2,1-8H3. The molecular weight excluding hydrogens is 486 g/mol. The van der Waals surface area contributed by atoms with Crippen LogP contribution in [0.15, 0.2) is 29.0 Å². The molecule has 0 radical (unpaired) electrons. The van der Waals surface area contributed by atoms with E-state index in [0.717, 1.165) is 34.9 Å². The maximum atomic E-state index is 12.8. The summed E-state index contributed by atoms with van der Waals surface area (Å²) in [7, 11) is -1.79. The zero-order valence-electron chi connectivity index (χ0n) is 21.0. The van der Waals surface area contributed by atoms with E-state index < -0.39 is 13.9 Å². The van der Waals surface area contributed by atoms with Gasteiger partial charge in [0.15, 0.2) is 8.32 Å². The van der Waals surface area contributed by atoms with E-state index in [4.69, 9.17) is 9.16 Å². The van der Waals surface area contributed by atoms with Crippen LogP contribution in [-0.2, 0) is 15.7 Å². The lowest BCUT2D eigenvalue weighted by molar-refractivity contribution is 0.0237. The third-order valence-electron chi connectivity index (χ3n) is 5.91. The smallest absolute Gasteiger partial charge is 0.410 e. The first-order chi connectivity index (χ1) is 14.7. The molecule has 0 aliphatic carbocycles. The molecule has 0 saturated heterocycles. The lowest BCUT2D eigenvalue weighted by atomic mass is 10.2. The average Bonchev–Trinajstić information content (AvgIpc) is 3.05. The molecule has 8 heteroatoms. The van der Waals surface area contributed by atoms with Crippen molar-refractivity contribution in [2.24, 2.45) is 0 Å². The number of ether oxygens (including phenoxy) is 1. The minimum absolute atomic E-state index is 0.180. The van der Waals surface area contributed by atoms with Gasteiger partial charge in [0, 0.05) is 30.7 Å². The summed E-state index contributed by atoms with van der Waals surface area (Å²) in [6.45, 7) is 19.6. The molecule has 0 unspecified atom stereocenters. The van der Waals surface area contributed by atoms with Crippen molar-refractivity contribution in [1.82, 2.24) is 14.5 Å². The van der Waals surface area contributed by atoms with E-state index in [9.17, 15) is 4.79 Å². The number of fused-ring (bicyclic) bond motifs is 1. The molecule has 1 amide bonds. The summed E-state index contributed by atoms with van der Waals surface area (Å²) in [5.41, 5.74) is 1.53. The number of hydrogen-bond donors (Lipinski definition) is 0. The fourth-order valence-corrected chi connectivity index (χ4v) is 4.77. The van der Waals surface area contributed by atoms with Crippen LogP contribution in [0.4, 0.5) is 4.79 Å². The molecule has 0 fully saturated rings. The number of hydrogen-bond acceptors (Lipinski definition) is 4. The lowest BCUT2D eigenvalue weighted by Crippen LogP contribution is -2.42. The van der Waals surface area contributed by atoms with Crippen molar-refractivity contribution in [3.8, 4) is 0 Å². The van der Waals surface area contributed by atoms with Gasteiger partial charge in [0.25, 0.3) is 0 Å². The van der Waals surface area contributed by atoms with Crippen molar-refractivity contribution >= 4 is 41.4 Å². The fourth-order valence-electron chi connectivity index (χ4n) is 3.10. The summed E-state index contributed by atoms with van der Waals surface area (Å²) in [5, 5.41) is 0.180. The van der Waals surface area contributed by atoms with Gasteiger partial charge < -0.3 is 18.6 Å². The van der Waals surface area contributed by atoms with E-state index in [1.165, 1.54) is 0 Å². The Hall–Kier alpha value is -1.38. The zero-order valence-corrected chi connectivity index (χ0v) is 23.6.